The molecule has 0 unspecified atom stereocenters. The topological polar surface area (TPSA) is 64.4 Å². The van der Waals surface area contributed by atoms with Gasteiger partial charge in [-0.3, -0.25) is 15.4 Å². The number of hydrogen-bond donors (Lipinski definition) is 1. The molecule has 3 atom stereocenters. The first-order valence-corrected chi connectivity index (χ1v) is 6.86. The van der Waals surface area contributed by atoms with E-state index in [1.54, 1.807) is 12.1 Å². The maximum Gasteiger partial charge on any atom is 0.269 e. The van der Waals surface area contributed by atoms with Crippen LogP contribution in [0, 0.1) is 10.1 Å². The molecule has 1 aliphatic rings. The van der Waals surface area contributed by atoms with Crippen molar-refractivity contribution in [1.29, 1.82) is 0 Å². The van der Waals surface area contributed by atoms with Crippen LogP contribution >= 0.6 is 0 Å². The van der Waals surface area contributed by atoms with E-state index < -0.39 is 4.92 Å². The number of hydrogen-bond acceptors (Lipinski definition) is 4. The SMILES string of the molecule is C[C@H]1N[C@@H](c2ccc([N+](=O)[O-])cc2)O[C@@H]1c1ccccc1. The average Bonchev–Trinajstić information content (AvgIpc) is 2.90. The molecule has 0 radical (unpaired) electrons. The van der Waals surface area contributed by atoms with Crippen LogP contribution in [-0.4, -0.2) is 11.0 Å². The summed E-state index contributed by atoms with van der Waals surface area (Å²) in [6, 6.07) is 16.7. The van der Waals surface area contributed by atoms with Gasteiger partial charge in [-0.25, -0.2) is 0 Å². The second-order valence-electron chi connectivity index (χ2n) is 5.15. The van der Waals surface area contributed by atoms with Gasteiger partial charge < -0.3 is 4.74 Å². The number of nitro groups is 1. The molecule has 0 aliphatic carbocycles. The molecule has 21 heavy (non-hydrogen) atoms. The fourth-order valence-electron chi connectivity index (χ4n) is 2.59. The van der Waals surface area contributed by atoms with Crippen molar-refractivity contribution in [2.75, 3.05) is 0 Å². The highest BCUT2D eigenvalue weighted by Gasteiger charge is 2.33. The van der Waals surface area contributed by atoms with Crippen molar-refractivity contribution in [3.63, 3.8) is 0 Å². The predicted octanol–water partition coefficient (Wildman–Crippen LogP) is 3.34. The first-order chi connectivity index (χ1) is 10.1. The Labute approximate surface area is 122 Å². The second-order valence-corrected chi connectivity index (χ2v) is 5.15. The van der Waals surface area contributed by atoms with Crippen LogP contribution in [0.25, 0.3) is 0 Å². The van der Waals surface area contributed by atoms with E-state index in [4.69, 9.17) is 4.74 Å². The summed E-state index contributed by atoms with van der Waals surface area (Å²) >= 11 is 0. The summed E-state index contributed by atoms with van der Waals surface area (Å²) < 4.78 is 6.07. The smallest absolute Gasteiger partial charge is 0.269 e. The quantitative estimate of drug-likeness (QED) is 0.693. The number of nitrogens with one attached hydrogen (secondary N) is 1. The van der Waals surface area contributed by atoms with Gasteiger partial charge >= 0.3 is 0 Å². The third-order valence-electron chi connectivity index (χ3n) is 3.69. The minimum atomic E-state index is -0.401. The molecular formula is C16H16N2O3. The summed E-state index contributed by atoms with van der Waals surface area (Å²) in [5, 5.41) is 14.1. The van der Waals surface area contributed by atoms with E-state index in [2.05, 4.69) is 12.2 Å². The molecule has 2 aromatic rings. The average molecular weight is 284 g/mol. The van der Waals surface area contributed by atoms with Gasteiger partial charge in [0.05, 0.1) is 4.92 Å². The number of nitrogens with zero attached hydrogens (tertiary/aromatic N) is 1. The normalized spacial score (nSPS) is 24.9. The number of benzene rings is 2. The lowest BCUT2D eigenvalue weighted by Crippen LogP contribution is -2.23. The molecular weight excluding hydrogens is 268 g/mol. The van der Waals surface area contributed by atoms with Gasteiger partial charge in [0.1, 0.15) is 12.3 Å². The van der Waals surface area contributed by atoms with E-state index >= 15 is 0 Å². The molecule has 1 aliphatic heterocycles. The summed E-state index contributed by atoms with van der Waals surface area (Å²) in [5.74, 6) is 0. The van der Waals surface area contributed by atoms with E-state index in [1.165, 1.54) is 12.1 Å². The Morgan fingerprint density at radius 1 is 1.05 bits per heavy atom. The molecule has 3 rings (SSSR count). The molecule has 5 nitrogen and oxygen atoms in total. The van der Waals surface area contributed by atoms with Crippen molar-refractivity contribution in [3.8, 4) is 0 Å². The fourth-order valence-corrected chi connectivity index (χ4v) is 2.59. The molecule has 2 aromatic carbocycles. The number of nitro benzene ring substituents is 1. The van der Waals surface area contributed by atoms with E-state index in [-0.39, 0.29) is 24.1 Å². The zero-order valence-corrected chi connectivity index (χ0v) is 11.6. The molecule has 0 bridgehead atoms. The van der Waals surface area contributed by atoms with E-state index in [0.29, 0.717) is 0 Å². The third kappa shape index (κ3) is 2.79. The molecule has 1 fully saturated rings. The van der Waals surface area contributed by atoms with Gasteiger partial charge in [0.2, 0.25) is 0 Å². The lowest BCUT2D eigenvalue weighted by atomic mass is 10.0. The lowest BCUT2D eigenvalue weighted by Gasteiger charge is -2.14. The molecule has 0 aromatic heterocycles. The van der Waals surface area contributed by atoms with Crippen LogP contribution in [0.3, 0.4) is 0 Å². The van der Waals surface area contributed by atoms with Gasteiger partial charge in [0.25, 0.3) is 5.69 Å². The van der Waals surface area contributed by atoms with Crippen LogP contribution in [0.4, 0.5) is 5.69 Å². The van der Waals surface area contributed by atoms with Crippen molar-refractivity contribution in [2.45, 2.75) is 25.3 Å². The van der Waals surface area contributed by atoms with Crippen LogP contribution in [0.2, 0.25) is 0 Å². The largest absolute Gasteiger partial charge is 0.350 e. The Balaban J connectivity index is 1.78. The van der Waals surface area contributed by atoms with Crippen LogP contribution in [0.5, 0.6) is 0 Å². The minimum Gasteiger partial charge on any atom is -0.350 e. The molecule has 0 spiro atoms. The second kappa shape index (κ2) is 5.63. The van der Waals surface area contributed by atoms with Gasteiger partial charge in [0, 0.05) is 18.2 Å². The van der Waals surface area contributed by atoms with Crippen molar-refractivity contribution in [1.82, 2.24) is 5.32 Å². The molecule has 0 saturated carbocycles. The predicted molar refractivity (Wildman–Crippen MR) is 78.7 cm³/mol. The zero-order valence-electron chi connectivity index (χ0n) is 11.6. The van der Waals surface area contributed by atoms with Crippen molar-refractivity contribution >= 4 is 5.69 Å². The first kappa shape index (κ1) is 13.7. The van der Waals surface area contributed by atoms with Gasteiger partial charge in [-0.15, -0.1) is 0 Å². The van der Waals surface area contributed by atoms with Crippen molar-refractivity contribution < 1.29 is 9.66 Å². The fraction of sp³-hybridized carbons (Fsp3) is 0.250. The molecule has 1 heterocycles. The Bertz CT molecular complexity index is 628. The van der Waals surface area contributed by atoms with Crippen molar-refractivity contribution in [2.24, 2.45) is 0 Å². The van der Waals surface area contributed by atoms with E-state index in [0.717, 1.165) is 11.1 Å². The van der Waals surface area contributed by atoms with Gasteiger partial charge in [-0.05, 0) is 30.2 Å². The molecule has 1 N–H and O–H groups in total. The maximum absolute atomic E-state index is 10.7. The molecule has 1 saturated heterocycles. The maximum atomic E-state index is 10.7. The highest BCUT2D eigenvalue weighted by Crippen LogP contribution is 2.35. The molecule has 5 heteroatoms. The van der Waals surface area contributed by atoms with Crippen LogP contribution in [0.15, 0.2) is 54.6 Å². The Kier molecular flexibility index (Phi) is 3.68. The Hall–Kier alpha value is -2.24. The zero-order chi connectivity index (χ0) is 14.8. The van der Waals surface area contributed by atoms with Crippen LogP contribution in [0.1, 0.15) is 30.4 Å². The number of non-ortho nitro benzene ring substituents is 1. The van der Waals surface area contributed by atoms with Gasteiger partial charge in [-0.2, -0.15) is 0 Å². The van der Waals surface area contributed by atoms with E-state index in [1.807, 2.05) is 30.3 Å². The molecule has 108 valence electrons. The Morgan fingerprint density at radius 2 is 1.71 bits per heavy atom. The van der Waals surface area contributed by atoms with Gasteiger partial charge in [0.15, 0.2) is 0 Å². The monoisotopic (exact) mass is 284 g/mol. The van der Waals surface area contributed by atoms with E-state index in [9.17, 15) is 10.1 Å². The van der Waals surface area contributed by atoms with Crippen LogP contribution in [-0.2, 0) is 4.74 Å². The summed E-state index contributed by atoms with van der Waals surface area (Å²) in [4.78, 5) is 10.3. The highest BCUT2D eigenvalue weighted by molar-refractivity contribution is 5.34. The summed E-state index contributed by atoms with van der Waals surface area (Å²) in [6.45, 7) is 2.07. The number of ether oxygens (including phenoxy) is 1. The highest BCUT2D eigenvalue weighted by atomic mass is 16.6. The minimum absolute atomic E-state index is 0.0219. The van der Waals surface area contributed by atoms with Crippen molar-refractivity contribution in [3.05, 3.63) is 75.8 Å². The van der Waals surface area contributed by atoms with Gasteiger partial charge in [-0.1, -0.05) is 30.3 Å². The standard InChI is InChI=1S/C16H16N2O3/c1-11-15(12-5-3-2-4-6-12)21-16(17-11)13-7-9-14(10-8-13)18(19)20/h2-11,15-17H,1H3/t11-,15+,16-/m1/s1. The molecule has 0 amide bonds. The summed E-state index contributed by atoms with van der Waals surface area (Å²) in [5.41, 5.74) is 2.11. The third-order valence-corrected chi connectivity index (χ3v) is 3.69. The summed E-state index contributed by atoms with van der Waals surface area (Å²) in [7, 11) is 0. The summed E-state index contributed by atoms with van der Waals surface area (Å²) in [6.07, 6.45) is -0.266. The number of rotatable bonds is 3. The van der Waals surface area contributed by atoms with Crippen LogP contribution < -0.4 is 5.32 Å². The lowest BCUT2D eigenvalue weighted by molar-refractivity contribution is -0.384. The Morgan fingerprint density at radius 3 is 2.33 bits per heavy atom. The first-order valence-electron chi connectivity index (χ1n) is 6.86.